The van der Waals surface area contributed by atoms with E-state index in [2.05, 4.69) is 9.98 Å². The number of aromatic nitrogens is 2. The number of nitrogens with one attached hydrogen (secondary N) is 1. The molecule has 1 aromatic heterocycles. The van der Waals surface area contributed by atoms with Gasteiger partial charge in [0.25, 0.3) is 5.56 Å². The van der Waals surface area contributed by atoms with Crippen LogP contribution in [-0.2, 0) is 0 Å². The van der Waals surface area contributed by atoms with Crippen LogP contribution in [0.15, 0.2) is 69.2 Å². The number of para-hydroxylation sites is 1. The zero-order valence-electron chi connectivity index (χ0n) is 15.3. The van der Waals surface area contributed by atoms with Crippen LogP contribution < -0.4 is 16.1 Å². The summed E-state index contributed by atoms with van der Waals surface area (Å²) in [5.74, 6) is -0.444. The summed E-state index contributed by atoms with van der Waals surface area (Å²) in [4.78, 5) is 33.2. The van der Waals surface area contributed by atoms with Crippen molar-refractivity contribution >= 4 is 17.1 Å². The smallest absolute Gasteiger partial charge is 0.335 e. The predicted molar refractivity (Wildman–Crippen MR) is 107 cm³/mol. The zero-order chi connectivity index (χ0) is 19.6. The molecule has 0 fully saturated rings. The van der Waals surface area contributed by atoms with Crippen molar-refractivity contribution in [1.82, 2.24) is 9.55 Å². The second-order valence-electron chi connectivity index (χ2n) is 6.24. The topological polar surface area (TPSA) is 90.7 Å². The Labute approximate surface area is 155 Å². The van der Waals surface area contributed by atoms with Crippen molar-refractivity contribution in [3.05, 3.63) is 81.0 Å². The minimum Gasteiger partial charge on any atom is -0.493 e. The summed E-state index contributed by atoms with van der Waals surface area (Å²) in [5.41, 5.74) is 0.888. The van der Waals surface area contributed by atoms with Crippen molar-refractivity contribution in [1.29, 1.82) is 0 Å². The molecule has 3 aromatic rings. The van der Waals surface area contributed by atoms with Gasteiger partial charge in [0.2, 0.25) is 5.88 Å². The Morgan fingerprint density at radius 2 is 1.78 bits per heavy atom. The second-order valence-corrected chi connectivity index (χ2v) is 6.24. The molecule has 0 aliphatic rings. The van der Waals surface area contributed by atoms with Crippen molar-refractivity contribution in [3.63, 3.8) is 0 Å². The number of hydrogen-bond donors (Lipinski definition) is 2. The lowest BCUT2D eigenvalue weighted by Gasteiger charge is -2.13. The minimum absolute atomic E-state index is 0.0475. The van der Waals surface area contributed by atoms with Crippen LogP contribution in [-0.4, -0.2) is 34.5 Å². The van der Waals surface area contributed by atoms with E-state index in [0.717, 1.165) is 10.3 Å². The summed E-state index contributed by atoms with van der Waals surface area (Å²) >= 11 is 0. The lowest BCUT2D eigenvalue weighted by molar-refractivity contribution is 0.430. The Kier molecular flexibility index (Phi) is 4.94. The van der Waals surface area contributed by atoms with Crippen molar-refractivity contribution in [2.24, 2.45) is 4.99 Å². The lowest BCUT2D eigenvalue weighted by Crippen LogP contribution is -2.32. The average molecular weight is 364 g/mol. The zero-order valence-corrected chi connectivity index (χ0v) is 15.3. The Hall–Kier alpha value is -3.61. The largest absolute Gasteiger partial charge is 0.493 e. The maximum absolute atomic E-state index is 12.3. The van der Waals surface area contributed by atoms with E-state index in [1.807, 2.05) is 37.2 Å². The van der Waals surface area contributed by atoms with E-state index in [9.17, 15) is 14.7 Å². The van der Waals surface area contributed by atoms with Gasteiger partial charge in [-0.2, -0.15) is 0 Å². The van der Waals surface area contributed by atoms with Gasteiger partial charge in [0.1, 0.15) is 5.56 Å². The average Bonchev–Trinajstić information content (AvgIpc) is 2.62. The van der Waals surface area contributed by atoms with Crippen LogP contribution in [0.25, 0.3) is 5.69 Å². The third-order valence-corrected chi connectivity index (χ3v) is 4.11. The molecule has 2 aromatic carbocycles. The van der Waals surface area contributed by atoms with E-state index in [1.165, 1.54) is 0 Å². The number of hydrogen-bond acceptors (Lipinski definition) is 5. The summed E-state index contributed by atoms with van der Waals surface area (Å²) in [5, 5.41) is 10.6. The molecule has 1 heterocycles. The molecule has 0 spiro atoms. The van der Waals surface area contributed by atoms with E-state index < -0.39 is 17.1 Å². The highest BCUT2D eigenvalue weighted by Crippen LogP contribution is 2.22. The van der Waals surface area contributed by atoms with Gasteiger partial charge in [-0.25, -0.2) is 9.36 Å². The second kappa shape index (κ2) is 7.33. The highest BCUT2D eigenvalue weighted by molar-refractivity contribution is 6.01. The first-order valence-corrected chi connectivity index (χ1v) is 8.35. The maximum atomic E-state index is 12.3. The summed E-state index contributed by atoms with van der Waals surface area (Å²) in [6.45, 7) is 1.62. The van der Waals surface area contributed by atoms with Gasteiger partial charge in [-0.05, 0) is 37.3 Å². The molecule has 0 radical (unpaired) electrons. The van der Waals surface area contributed by atoms with Crippen LogP contribution in [0.5, 0.6) is 5.88 Å². The van der Waals surface area contributed by atoms with Crippen LogP contribution >= 0.6 is 0 Å². The normalized spacial score (nSPS) is 11.4. The first-order chi connectivity index (χ1) is 12.9. The Balaban J connectivity index is 2.16. The highest BCUT2D eigenvalue weighted by Gasteiger charge is 2.17. The van der Waals surface area contributed by atoms with E-state index in [1.54, 1.807) is 43.3 Å². The number of aliphatic imine (C=N–C) groups is 1. The van der Waals surface area contributed by atoms with Gasteiger partial charge in [-0.15, -0.1) is 0 Å². The van der Waals surface area contributed by atoms with E-state index in [0.29, 0.717) is 17.1 Å². The van der Waals surface area contributed by atoms with Gasteiger partial charge < -0.3 is 10.0 Å². The number of anilines is 1. The molecule has 27 heavy (non-hydrogen) atoms. The quantitative estimate of drug-likeness (QED) is 0.696. The molecule has 0 aliphatic heterocycles. The summed E-state index contributed by atoms with van der Waals surface area (Å²) in [6, 6.07) is 16.1. The fourth-order valence-electron chi connectivity index (χ4n) is 2.76. The third-order valence-electron chi connectivity index (χ3n) is 4.11. The van der Waals surface area contributed by atoms with Gasteiger partial charge in [-0.3, -0.25) is 14.8 Å². The first-order valence-electron chi connectivity index (χ1n) is 8.35. The molecule has 2 N–H and O–H groups in total. The number of benzene rings is 2. The maximum Gasteiger partial charge on any atom is 0.335 e. The molecular weight excluding hydrogens is 344 g/mol. The van der Waals surface area contributed by atoms with Gasteiger partial charge in [0, 0.05) is 19.8 Å². The van der Waals surface area contributed by atoms with Gasteiger partial charge >= 0.3 is 5.69 Å². The molecule has 0 bridgehead atoms. The number of rotatable bonds is 4. The van der Waals surface area contributed by atoms with Crippen LogP contribution in [0.3, 0.4) is 0 Å². The Morgan fingerprint density at radius 3 is 2.44 bits per heavy atom. The molecule has 0 unspecified atom stereocenters. The molecule has 0 saturated heterocycles. The number of aromatic hydroxyl groups is 1. The highest BCUT2D eigenvalue weighted by atomic mass is 16.3. The number of H-pyrrole nitrogens is 1. The van der Waals surface area contributed by atoms with Crippen molar-refractivity contribution < 1.29 is 5.11 Å². The van der Waals surface area contributed by atoms with Crippen LogP contribution in [0.2, 0.25) is 0 Å². The Morgan fingerprint density at radius 1 is 1.07 bits per heavy atom. The van der Waals surface area contributed by atoms with E-state index in [4.69, 9.17) is 0 Å². The minimum atomic E-state index is -0.713. The monoisotopic (exact) mass is 364 g/mol. The molecule has 7 nitrogen and oxygen atoms in total. The van der Waals surface area contributed by atoms with Crippen molar-refractivity contribution in [3.8, 4) is 11.6 Å². The standard InChI is InChI=1S/C20H20N4O3/c1-13(21-14-8-7-11-16(12-14)23(2)3)17-18(25)22-20(27)24(19(17)26)15-9-5-4-6-10-15/h4-12,26H,1-3H3,(H,22,25,27). The van der Waals surface area contributed by atoms with Gasteiger partial charge in [0.15, 0.2) is 0 Å². The molecular formula is C20H20N4O3. The SMILES string of the molecule is CC(=Nc1cccc(N(C)C)c1)c1c(O)n(-c2ccccc2)c(=O)[nH]c1=O. The van der Waals surface area contributed by atoms with Crippen LogP contribution in [0.1, 0.15) is 12.5 Å². The molecule has 0 atom stereocenters. The molecule has 3 rings (SSSR count). The number of nitrogens with zero attached hydrogens (tertiary/aromatic N) is 3. The van der Waals surface area contributed by atoms with Gasteiger partial charge in [0.05, 0.1) is 17.1 Å². The summed E-state index contributed by atoms with van der Waals surface area (Å²) < 4.78 is 1.05. The fraction of sp³-hybridized carbons (Fsp3) is 0.150. The van der Waals surface area contributed by atoms with E-state index >= 15 is 0 Å². The first kappa shape index (κ1) is 18.2. The Bertz CT molecular complexity index is 1110. The van der Waals surface area contributed by atoms with E-state index in [-0.39, 0.29) is 5.56 Å². The molecule has 138 valence electrons. The van der Waals surface area contributed by atoms with Crippen LogP contribution in [0.4, 0.5) is 11.4 Å². The van der Waals surface area contributed by atoms with Crippen LogP contribution in [0, 0.1) is 0 Å². The lowest BCUT2D eigenvalue weighted by atomic mass is 10.2. The van der Waals surface area contributed by atoms with Gasteiger partial charge in [-0.1, -0.05) is 24.3 Å². The molecule has 7 heteroatoms. The van der Waals surface area contributed by atoms with Crippen molar-refractivity contribution in [2.45, 2.75) is 6.92 Å². The van der Waals surface area contributed by atoms with Crippen molar-refractivity contribution in [2.75, 3.05) is 19.0 Å². The summed E-state index contributed by atoms with van der Waals surface area (Å²) in [6.07, 6.45) is 0. The third kappa shape index (κ3) is 3.67. The fourth-order valence-corrected chi connectivity index (χ4v) is 2.76. The molecule has 0 amide bonds. The predicted octanol–water partition coefficient (Wildman–Crippen LogP) is 2.44. The molecule has 0 aliphatic carbocycles. The summed E-state index contributed by atoms with van der Waals surface area (Å²) in [7, 11) is 3.84. The number of aromatic amines is 1. The molecule has 0 saturated carbocycles.